The van der Waals surface area contributed by atoms with Gasteiger partial charge in [0.05, 0.1) is 5.92 Å². The maximum atomic E-state index is 13.6. The molecule has 0 radical (unpaired) electrons. The molecule has 0 saturated carbocycles. The summed E-state index contributed by atoms with van der Waals surface area (Å²) in [6, 6.07) is 28.0. The number of nitrogens with zero attached hydrogens (tertiary/aromatic N) is 1. The molecular weight excluding hydrogens is 382 g/mol. The van der Waals surface area contributed by atoms with Crippen LogP contribution in [0.3, 0.4) is 0 Å². The average molecular weight is 414 g/mol. The molecule has 1 saturated heterocycles. The zero-order valence-electron chi connectivity index (χ0n) is 18.2. The second kappa shape index (κ2) is 10.4. The van der Waals surface area contributed by atoms with Gasteiger partial charge in [-0.15, -0.1) is 0 Å². The maximum absolute atomic E-state index is 13.6. The molecule has 2 atom stereocenters. The molecule has 1 aliphatic rings. The van der Waals surface area contributed by atoms with Crippen LogP contribution in [0.2, 0.25) is 0 Å². The highest BCUT2D eigenvalue weighted by Crippen LogP contribution is 2.35. The molecule has 0 bridgehead atoms. The highest BCUT2D eigenvalue weighted by atomic mass is 16.5. The Bertz CT molecular complexity index is 947. The summed E-state index contributed by atoms with van der Waals surface area (Å²) in [6.45, 7) is 6.14. The Morgan fingerprint density at radius 1 is 0.839 bits per heavy atom. The highest BCUT2D eigenvalue weighted by Gasteiger charge is 2.28. The van der Waals surface area contributed by atoms with Gasteiger partial charge in [-0.2, -0.15) is 0 Å². The molecule has 3 nitrogen and oxygen atoms in total. The van der Waals surface area contributed by atoms with Gasteiger partial charge >= 0.3 is 0 Å². The number of rotatable bonds is 9. The molecule has 3 aromatic carbocycles. The van der Waals surface area contributed by atoms with Crippen LogP contribution >= 0.6 is 0 Å². The molecular formula is C28H31NO2. The molecule has 1 fully saturated rings. The minimum atomic E-state index is -0.231. The van der Waals surface area contributed by atoms with Crippen LogP contribution in [0.4, 0.5) is 0 Å². The Morgan fingerprint density at radius 3 is 2.03 bits per heavy atom. The van der Waals surface area contributed by atoms with Crippen molar-refractivity contribution in [2.24, 2.45) is 0 Å². The number of Topliss-reactive ketones (excluding diaryl/α,β-unsaturated/α-hetero) is 1. The van der Waals surface area contributed by atoms with Crippen LogP contribution < -0.4 is 4.74 Å². The molecule has 0 aromatic heterocycles. The topological polar surface area (TPSA) is 29.5 Å². The molecule has 3 aromatic rings. The summed E-state index contributed by atoms with van der Waals surface area (Å²) in [7, 11) is 0. The van der Waals surface area contributed by atoms with Crippen molar-refractivity contribution in [1.82, 2.24) is 4.90 Å². The third-order valence-corrected chi connectivity index (χ3v) is 6.28. The minimum absolute atomic E-state index is 0.0764. The maximum Gasteiger partial charge on any atom is 0.170 e. The number of carbonyl (C=O) groups is 1. The molecule has 0 aliphatic carbocycles. The van der Waals surface area contributed by atoms with E-state index in [1.54, 1.807) is 0 Å². The summed E-state index contributed by atoms with van der Waals surface area (Å²) in [4.78, 5) is 16.0. The van der Waals surface area contributed by atoms with Gasteiger partial charge in [-0.05, 0) is 67.2 Å². The quantitative estimate of drug-likeness (QED) is 0.407. The van der Waals surface area contributed by atoms with Gasteiger partial charge in [0.1, 0.15) is 12.4 Å². The van der Waals surface area contributed by atoms with Crippen molar-refractivity contribution in [3.05, 3.63) is 102 Å². The SMILES string of the molecule is CC(c1ccccc1)C(C(=O)c1ccc(OCCN2CCCC2)cc1)c1ccccc1. The lowest BCUT2D eigenvalue weighted by molar-refractivity contribution is 0.0949. The van der Waals surface area contributed by atoms with Crippen LogP contribution in [0.5, 0.6) is 5.75 Å². The fourth-order valence-electron chi connectivity index (χ4n) is 4.47. The Balaban J connectivity index is 1.48. The summed E-state index contributed by atoms with van der Waals surface area (Å²) in [5.41, 5.74) is 2.95. The van der Waals surface area contributed by atoms with Gasteiger partial charge in [0.2, 0.25) is 0 Å². The fraction of sp³-hybridized carbons (Fsp3) is 0.321. The first kappa shape index (κ1) is 21.3. The van der Waals surface area contributed by atoms with Crippen LogP contribution in [-0.4, -0.2) is 36.9 Å². The predicted molar refractivity (Wildman–Crippen MR) is 126 cm³/mol. The van der Waals surface area contributed by atoms with Crippen molar-refractivity contribution in [2.45, 2.75) is 31.6 Å². The summed E-state index contributed by atoms with van der Waals surface area (Å²) in [5, 5.41) is 0. The summed E-state index contributed by atoms with van der Waals surface area (Å²) >= 11 is 0. The number of carbonyl (C=O) groups excluding carboxylic acids is 1. The number of hydrogen-bond acceptors (Lipinski definition) is 3. The Morgan fingerprint density at radius 2 is 1.42 bits per heavy atom. The molecule has 0 spiro atoms. The van der Waals surface area contributed by atoms with E-state index < -0.39 is 0 Å². The van der Waals surface area contributed by atoms with Crippen molar-refractivity contribution in [3.8, 4) is 5.75 Å². The zero-order chi connectivity index (χ0) is 21.5. The van der Waals surface area contributed by atoms with Crippen LogP contribution in [-0.2, 0) is 0 Å². The number of ether oxygens (including phenoxy) is 1. The van der Waals surface area contributed by atoms with Gasteiger partial charge in [-0.3, -0.25) is 9.69 Å². The Labute approximate surface area is 185 Å². The normalized spacial score (nSPS) is 16.0. The van der Waals surface area contributed by atoms with Gasteiger partial charge in [0.25, 0.3) is 0 Å². The van der Waals surface area contributed by atoms with E-state index in [2.05, 4.69) is 36.1 Å². The van der Waals surface area contributed by atoms with Gasteiger partial charge in [0, 0.05) is 12.1 Å². The van der Waals surface area contributed by atoms with Crippen LogP contribution in [0.1, 0.15) is 53.1 Å². The third kappa shape index (κ3) is 5.42. The molecule has 31 heavy (non-hydrogen) atoms. The van der Waals surface area contributed by atoms with E-state index in [1.165, 1.54) is 31.5 Å². The fourth-order valence-corrected chi connectivity index (χ4v) is 4.47. The van der Waals surface area contributed by atoms with E-state index >= 15 is 0 Å². The van der Waals surface area contributed by atoms with Crippen LogP contribution in [0.15, 0.2) is 84.9 Å². The number of likely N-dealkylation sites (tertiary alicyclic amines) is 1. The second-order valence-electron chi connectivity index (χ2n) is 8.37. The van der Waals surface area contributed by atoms with Crippen molar-refractivity contribution in [2.75, 3.05) is 26.2 Å². The molecule has 0 amide bonds. The molecule has 4 rings (SSSR count). The van der Waals surface area contributed by atoms with E-state index in [0.717, 1.165) is 23.4 Å². The summed E-state index contributed by atoms with van der Waals surface area (Å²) in [5.74, 6) is 0.812. The number of hydrogen-bond donors (Lipinski definition) is 0. The first-order chi connectivity index (χ1) is 15.2. The molecule has 1 aliphatic heterocycles. The highest BCUT2D eigenvalue weighted by molar-refractivity contribution is 6.01. The number of ketones is 1. The molecule has 0 N–H and O–H groups in total. The van der Waals surface area contributed by atoms with Crippen molar-refractivity contribution < 1.29 is 9.53 Å². The first-order valence-electron chi connectivity index (χ1n) is 11.3. The smallest absolute Gasteiger partial charge is 0.170 e. The number of benzene rings is 3. The summed E-state index contributed by atoms with van der Waals surface area (Å²) in [6.07, 6.45) is 2.58. The van der Waals surface area contributed by atoms with Crippen LogP contribution in [0, 0.1) is 0 Å². The largest absolute Gasteiger partial charge is 0.492 e. The molecule has 1 heterocycles. The predicted octanol–water partition coefficient (Wildman–Crippen LogP) is 5.93. The lowest BCUT2D eigenvalue weighted by Gasteiger charge is -2.24. The minimum Gasteiger partial charge on any atom is -0.492 e. The zero-order valence-corrected chi connectivity index (χ0v) is 18.2. The van der Waals surface area contributed by atoms with Gasteiger partial charge in [0.15, 0.2) is 5.78 Å². The van der Waals surface area contributed by atoms with E-state index in [4.69, 9.17) is 4.74 Å². The summed E-state index contributed by atoms with van der Waals surface area (Å²) < 4.78 is 5.91. The van der Waals surface area contributed by atoms with Gasteiger partial charge < -0.3 is 4.74 Å². The standard InChI is InChI=1S/C28H31NO2/c1-22(23-10-4-2-5-11-23)27(24-12-6-3-7-13-24)28(30)25-14-16-26(17-15-25)31-21-20-29-18-8-9-19-29/h2-7,10-17,22,27H,8-9,18-21H2,1H3. The van der Waals surface area contributed by atoms with E-state index in [-0.39, 0.29) is 17.6 Å². The van der Waals surface area contributed by atoms with E-state index in [0.29, 0.717) is 6.61 Å². The van der Waals surface area contributed by atoms with Crippen molar-refractivity contribution in [1.29, 1.82) is 0 Å². The van der Waals surface area contributed by atoms with Crippen molar-refractivity contribution >= 4 is 5.78 Å². The van der Waals surface area contributed by atoms with E-state index in [9.17, 15) is 4.79 Å². The average Bonchev–Trinajstić information content (AvgIpc) is 3.34. The van der Waals surface area contributed by atoms with Gasteiger partial charge in [-0.1, -0.05) is 67.6 Å². The van der Waals surface area contributed by atoms with E-state index in [1.807, 2.05) is 60.7 Å². The van der Waals surface area contributed by atoms with Crippen molar-refractivity contribution in [3.63, 3.8) is 0 Å². The lowest BCUT2D eigenvalue weighted by atomic mass is 9.78. The van der Waals surface area contributed by atoms with Crippen LogP contribution in [0.25, 0.3) is 0 Å². The molecule has 2 unspecified atom stereocenters. The molecule has 160 valence electrons. The molecule has 3 heteroatoms. The second-order valence-corrected chi connectivity index (χ2v) is 8.37. The Kier molecular flexibility index (Phi) is 7.16. The first-order valence-corrected chi connectivity index (χ1v) is 11.3. The monoisotopic (exact) mass is 413 g/mol. The lowest BCUT2D eigenvalue weighted by Crippen LogP contribution is -2.25. The Hall–Kier alpha value is -2.91. The third-order valence-electron chi connectivity index (χ3n) is 6.28. The van der Waals surface area contributed by atoms with Gasteiger partial charge in [-0.25, -0.2) is 0 Å².